The Bertz CT molecular complexity index is 500. The molecule has 0 aliphatic carbocycles. The number of phenolic OH excluding ortho intramolecular Hbond substituents is 1. The van der Waals surface area contributed by atoms with Gasteiger partial charge in [0.25, 0.3) is 5.91 Å². The molecule has 0 saturated carbocycles. The lowest BCUT2D eigenvalue weighted by Gasteiger charge is -2.15. The van der Waals surface area contributed by atoms with E-state index in [1.165, 1.54) is 18.2 Å². The third-order valence-corrected chi connectivity index (χ3v) is 2.67. The number of rotatable bonds is 3. The molecule has 6 heteroatoms. The Kier molecular flexibility index (Phi) is 4.50. The van der Waals surface area contributed by atoms with E-state index in [2.05, 4.69) is 15.9 Å². The average molecular weight is 294 g/mol. The second kappa shape index (κ2) is 5.88. The van der Waals surface area contributed by atoms with E-state index in [9.17, 15) is 9.90 Å². The summed E-state index contributed by atoms with van der Waals surface area (Å²) in [4.78, 5) is 13.0. The van der Waals surface area contributed by atoms with Crippen LogP contribution in [0, 0.1) is 22.7 Å². The van der Waals surface area contributed by atoms with Gasteiger partial charge in [0.05, 0.1) is 16.6 Å². The van der Waals surface area contributed by atoms with E-state index in [1.54, 1.807) is 0 Å². The first kappa shape index (κ1) is 13.0. The van der Waals surface area contributed by atoms with Gasteiger partial charge < -0.3 is 10.0 Å². The second-order valence-corrected chi connectivity index (χ2v) is 4.00. The molecule has 0 heterocycles. The number of carbonyl (C=O) groups excluding carboxylic acids is 1. The first-order valence-electron chi connectivity index (χ1n) is 4.62. The fourth-order valence-electron chi connectivity index (χ4n) is 1.20. The summed E-state index contributed by atoms with van der Waals surface area (Å²) in [5.41, 5.74) is 0.233. The number of hydrogen-bond donors (Lipinski definition) is 1. The molecule has 0 fully saturated rings. The molecule has 0 spiro atoms. The molecule has 1 aromatic carbocycles. The van der Waals surface area contributed by atoms with Gasteiger partial charge in [-0.1, -0.05) is 0 Å². The number of nitrogens with zero attached hydrogens (tertiary/aromatic N) is 3. The molecule has 0 radical (unpaired) electrons. The second-order valence-electron chi connectivity index (χ2n) is 3.14. The summed E-state index contributed by atoms with van der Waals surface area (Å²) in [6.45, 7) is -0.327. The van der Waals surface area contributed by atoms with Crippen LogP contribution in [0.3, 0.4) is 0 Å². The van der Waals surface area contributed by atoms with E-state index in [-0.39, 0.29) is 24.4 Å². The minimum atomic E-state index is -0.462. The number of halogens is 1. The number of carbonyl (C=O) groups is 1. The number of hydrogen-bond acceptors (Lipinski definition) is 4. The first-order valence-corrected chi connectivity index (χ1v) is 5.41. The van der Waals surface area contributed by atoms with Gasteiger partial charge in [0.1, 0.15) is 18.8 Å². The highest BCUT2D eigenvalue weighted by molar-refractivity contribution is 9.10. The van der Waals surface area contributed by atoms with Crippen molar-refractivity contribution in [2.24, 2.45) is 0 Å². The smallest absolute Gasteiger partial charge is 0.255 e. The Balaban J connectivity index is 2.98. The maximum absolute atomic E-state index is 11.9. The normalized spacial score (nSPS) is 9.12. The SMILES string of the molecule is N#CCN(CC#N)C(=O)c1ccc(Br)c(O)c1. The van der Waals surface area contributed by atoms with Crippen LogP contribution in [0.4, 0.5) is 0 Å². The Labute approximate surface area is 107 Å². The zero-order valence-electron chi connectivity index (χ0n) is 8.72. The third kappa shape index (κ3) is 3.20. The number of nitriles is 2. The van der Waals surface area contributed by atoms with Crippen LogP contribution in [0.25, 0.3) is 0 Å². The van der Waals surface area contributed by atoms with Gasteiger partial charge in [-0.25, -0.2) is 0 Å². The van der Waals surface area contributed by atoms with E-state index in [0.717, 1.165) is 4.90 Å². The van der Waals surface area contributed by atoms with Gasteiger partial charge in [-0.2, -0.15) is 10.5 Å². The van der Waals surface area contributed by atoms with E-state index < -0.39 is 5.91 Å². The van der Waals surface area contributed by atoms with E-state index in [4.69, 9.17) is 10.5 Å². The lowest BCUT2D eigenvalue weighted by Crippen LogP contribution is -2.31. The fraction of sp³-hybridized carbons (Fsp3) is 0.182. The van der Waals surface area contributed by atoms with Crippen LogP contribution in [-0.2, 0) is 0 Å². The van der Waals surface area contributed by atoms with Crippen molar-refractivity contribution < 1.29 is 9.90 Å². The van der Waals surface area contributed by atoms with Crippen LogP contribution in [-0.4, -0.2) is 29.0 Å². The summed E-state index contributed by atoms with van der Waals surface area (Å²) in [5, 5.41) is 26.5. The van der Waals surface area contributed by atoms with Crippen LogP contribution in [0.5, 0.6) is 5.75 Å². The van der Waals surface area contributed by atoms with Crippen LogP contribution in [0.15, 0.2) is 22.7 Å². The molecule has 0 saturated heterocycles. The average Bonchev–Trinajstić information content (AvgIpc) is 2.31. The van der Waals surface area contributed by atoms with Crippen molar-refractivity contribution in [1.82, 2.24) is 4.90 Å². The zero-order chi connectivity index (χ0) is 12.8. The molecule has 1 N–H and O–H groups in total. The summed E-state index contributed by atoms with van der Waals surface area (Å²) >= 11 is 3.10. The summed E-state index contributed by atoms with van der Waals surface area (Å²) in [6, 6.07) is 7.94. The molecule has 1 amide bonds. The standard InChI is InChI=1S/C11H8BrN3O2/c12-9-2-1-8(7-10(9)16)11(17)15(5-3-13)6-4-14/h1-2,7,16H,5-6H2. The largest absolute Gasteiger partial charge is 0.507 e. The quantitative estimate of drug-likeness (QED) is 0.858. The highest BCUT2D eigenvalue weighted by atomic mass is 79.9. The van der Waals surface area contributed by atoms with Gasteiger partial charge in [0, 0.05) is 5.56 Å². The Morgan fingerprint density at radius 2 is 1.94 bits per heavy atom. The number of benzene rings is 1. The topological polar surface area (TPSA) is 88.1 Å². The van der Waals surface area contributed by atoms with Crippen molar-refractivity contribution >= 4 is 21.8 Å². The molecule has 0 bridgehead atoms. The molecular weight excluding hydrogens is 286 g/mol. The van der Waals surface area contributed by atoms with Crippen molar-refractivity contribution in [2.45, 2.75) is 0 Å². The molecule has 0 unspecified atom stereocenters. The molecule has 5 nitrogen and oxygen atoms in total. The Morgan fingerprint density at radius 1 is 1.35 bits per heavy atom. The van der Waals surface area contributed by atoms with Gasteiger partial charge in [-0.15, -0.1) is 0 Å². The zero-order valence-corrected chi connectivity index (χ0v) is 10.3. The predicted molar refractivity (Wildman–Crippen MR) is 62.9 cm³/mol. The van der Waals surface area contributed by atoms with Crippen LogP contribution < -0.4 is 0 Å². The highest BCUT2D eigenvalue weighted by Crippen LogP contribution is 2.24. The van der Waals surface area contributed by atoms with E-state index in [0.29, 0.717) is 4.47 Å². The maximum Gasteiger partial charge on any atom is 0.255 e. The summed E-state index contributed by atoms with van der Waals surface area (Å²) in [7, 11) is 0. The summed E-state index contributed by atoms with van der Waals surface area (Å²) < 4.78 is 0.473. The minimum absolute atomic E-state index is 0.0651. The molecule has 86 valence electrons. The number of phenols is 1. The monoisotopic (exact) mass is 293 g/mol. The molecule has 17 heavy (non-hydrogen) atoms. The Hall–Kier alpha value is -2.05. The predicted octanol–water partition coefficient (Wildman–Crippen LogP) is 1.64. The molecule has 1 rings (SSSR count). The maximum atomic E-state index is 11.9. The van der Waals surface area contributed by atoms with Crippen molar-refractivity contribution in [3.8, 4) is 17.9 Å². The van der Waals surface area contributed by atoms with E-state index >= 15 is 0 Å². The van der Waals surface area contributed by atoms with Crippen molar-refractivity contribution in [3.63, 3.8) is 0 Å². The molecule has 1 aromatic rings. The number of amides is 1. The fourth-order valence-corrected chi connectivity index (χ4v) is 1.45. The van der Waals surface area contributed by atoms with Crippen LogP contribution >= 0.6 is 15.9 Å². The van der Waals surface area contributed by atoms with Crippen molar-refractivity contribution in [3.05, 3.63) is 28.2 Å². The molecule has 0 aromatic heterocycles. The highest BCUT2D eigenvalue weighted by Gasteiger charge is 2.16. The molecule has 0 aliphatic rings. The molecular formula is C11H8BrN3O2. The van der Waals surface area contributed by atoms with Crippen LogP contribution in [0.2, 0.25) is 0 Å². The van der Waals surface area contributed by atoms with Gasteiger partial charge in [-0.3, -0.25) is 4.79 Å². The molecule has 0 atom stereocenters. The van der Waals surface area contributed by atoms with Crippen LogP contribution in [0.1, 0.15) is 10.4 Å². The van der Waals surface area contributed by atoms with E-state index in [1.807, 2.05) is 12.1 Å². The van der Waals surface area contributed by atoms with Gasteiger partial charge in [0.2, 0.25) is 0 Å². The number of aromatic hydroxyl groups is 1. The van der Waals surface area contributed by atoms with Gasteiger partial charge in [-0.05, 0) is 34.1 Å². The first-order chi connectivity index (χ1) is 8.10. The van der Waals surface area contributed by atoms with Gasteiger partial charge in [0.15, 0.2) is 0 Å². The molecule has 0 aliphatic heterocycles. The minimum Gasteiger partial charge on any atom is -0.507 e. The summed E-state index contributed by atoms with van der Waals surface area (Å²) in [6.07, 6.45) is 0. The Morgan fingerprint density at radius 3 is 2.41 bits per heavy atom. The van der Waals surface area contributed by atoms with Crippen molar-refractivity contribution in [2.75, 3.05) is 13.1 Å². The lowest BCUT2D eigenvalue weighted by molar-refractivity contribution is 0.0794. The third-order valence-electron chi connectivity index (χ3n) is 2.00. The van der Waals surface area contributed by atoms with Crippen molar-refractivity contribution in [1.29, 1.82) is 10.5 Å². The summed E-state index contributed by atoms with van der Waals surface area (Å²) in [5.74, 6) is -0.527. The lowest BCUT2D eigenvalue weighted by atomic mass is 10.2. The van der Waals surface area contributed by atoms with Gasteiger partial charge >= 0.3 is 0 Å².